The van der Waals surface area contributed by atoms with Crippen LogP contribution in [0.4, 0.5) is 5.69 Å². The second kappa shape index (κ2) is 4.87. The lowest BCUT2D eigenvalue weighted by Crippen LogP contribution is -2.29. The molecule has 0 saturated carbocycles. The monoisotopic (exact) mass is 350 g/mol. The molecule has 3 aromatic rings. The summed E-state index contributed by atoms with van der Waals surface area (Å²) in [5.41, 5.74) is 2.07. The van der Waals surface area contributed by atoms with Crippen LogP contribution in [0, 0.1) is 0 Å². The SMILES string of the molecule is O=c1[nH]c2ccc(S(=O)(=O)N3CCc4cccc(Cl)c43)cc2o1. The Balaban J connectivity index is 1.86. The summed E-state index contributed by atoms with van der Waals surface area (Å²) in [7, 11) is -3.78. The predicted molar refractivity (Wildman–Crippen MR) is 86.5 cm³/mol. The van der Waals surface area contributed by atoms with Crippen LogP contribution in [0.15, 0.2) is 50.5 Å². The summed E-state index contributed by atoms with van der Waals surface area (Å²) in [6.45, 7) is 0.330. The molecule has 0 amide bonds. The summed E-state index contributed by atoms with van der Waals surface area (Å²) in [6, 6.07) is 9.64. The van der Waals surface area contributed by atoms with Gasteiger partial charge < -0.3 is 4.42 Å². The van der Waals surface area contributed by atoms with Crippen LogP contribution in [0.2, 0.25) is 5.02 Å². The van der Waals surface area contributed by atoms with E-state index in [9.17, 15) is 13.2 Å². The van der Waals surface area contributed by atoms with Gasteiger partial charge in [-0.05, 0) is 30.2 Å². The smallest absolute Gasteiger partial charge is 0.408 e. The Labute approximate surface area is 136 Å². The summed E-state index contributed by atoms with van der Waals surface area (Å²) in [5, 5.41) is 0.401. The van der Waals surface area contributed by atoms with E-state index in [0.717, 1.165) is 5.56 Å². The maximum absolute atomic E-state index is 12.9. The van der Waals surface area contributed by atoms with E-state index < -0.39 is 15.8 Å². The van der Waals surface area contributed by atoms with E-state index in [1.165, 1.54) is 22.5 Å². The number of nitrogens with zero attached hydrogens (tertiary/aromatic N) is 1. The Morgan fingerprint density at radius 1 is 1.22 bits per heavy atom. The largest absolute Gasteiger partial charge is 0.417 e. The van der Waals surface area contributed by atoms with Gasteiger partial charge in [-0.25, -0.2) is 13.2 Å². The van der Waals surface area contributed by atoms with Gasteiger partial charge in [0.2, 0.25) is 0 Å². The Morgan fingerprint density at radius 2 is 2.04 bits per heavy atom. The van der Waals surface area contributed by atoms with Crippen molar-refractivity contribution in [3.05, 3.63) is 57.5 Å². The quantitative estimate of drug-likeness (QED) is 0.769. The van der Waals surface area contributed by atoms with Crippen molar-refractivity contribution in [3.63, 3.8) is 0 Å². The Bertz CT molecular complexity index is 1080. The number of fused-ring (bicyclic) bond motifs is 2. The van der Waals surface area contributed by atoms with E-state index in [0.29, 0.717) is 29.2 Å². The van der Waals surface area contributed by atoms with E-state index in [1.54, 1.807) is 12.1 Å². The number of anilines is 1. The summed E-state index contributed by atoms with van der Waals surface area (Å²) in [4.78, 5) is 13.8. The molecule has 0 spiro atoms. The number of halogens is 1. The van der Waals surface area contributed by atoms with Crippen LogP contribution >= 0.6 is 11.6 Å². The summed E-state index contributed by atoms with van der Waals surface area (Å²) in [5.74, 6) is -0.621. The van der Waals surface area contributed by atoms with Gasteiger partial charge in [0.1, 0.15) is 0 Å². The highest BCUT2D eigenvalue weighted by Crippen LogP contribution is 2.38. The molecule has 0 saturated heterocycles. The van der Waals surface area contributed by atoms with Crippen molar-refractivity contribution in [1.82, 2.24) is 4.98 Å². The molecule has 8 heteroatoms. The zero-order valence-electron chi connectivity index (χ0n) is 11.7. The van der Waals surface area contributed by atoms with Gasteiger partial charge in [0, 0.05) is 12.6 Å². The minimum absolute atomic E-state index is 0.0560. The Kier molecular flexibility index (Phi) is 3.04. The summed E-state index contributed by atoms with van der Waals surface area (Å²) in [6.07, 6.45) is 0.608. The number of rotatable bonds is 2. The summed E-state index contributed by atoms with van der Waals surface area (Å²) >= 11 is 6.19. The number of sulfonamides is 1. The third-order valence-electron chi connectivity index (χ3n) is 3.88. The predicted octanol–water partition coefficient (Wildman–Crippen LogP) is 2.53. The standard InChI is InChI=1S/C15H11ClN2O4S/c16-11-3-1-2-9-6-7-18(14(9)11)23(20,21)10-4-5-12-13(8-10)22-15(19)17-12/h1-5,8H,6-7H2,(H,17,19). The molecule has 0 radical (unpaired) electrons. The fraction of sp³-hybridized carbons (Fsp3) is 0.133. The first kappa shape index (κ1) is 14.3. The molecule has 2 heterocycles. The average Bonchev–Trinajstić information content (AvgIpc) is 3.09. The zero-order valence-corrected chi connectivity index (χ0v) is 13.3. The zero-order chi connectivity index (χ0) is 16.2. The normalized spacial score (nSPS) is 14.4. The van der Waals surface area contributed by atoms with Crippen molar-refractivity contribution in [2.24, 2.45) is 0 Å². The molecule has 0 unspecified atom stereocenters. The first-order valence-electron chi connectivity index (χ1n) is 6.90. The topological polar surface area (TPSA) is 83.4 Å². The van der Waals surface area contributed by atoms with Gasteiger partial charge in [-0.3, -0.25) is 9.29 Å². The van der Waals surface area contributed by atoms with Crippen molar-refractivity contribution >= 4 is 38.4 Å². The fourth-order valence-corrected chi connectivity index (χ4v) is 4.71. The lowest BCUT2D eigenvalue weighted by molar-refractivity contribution is 0.554. The lowest BCUT2D eigenvalue weighted by Gasteiger charge is -2.20. The third kappa shape index (κ3) is 2.15. The molecule has 6 nitrogen and oxygen atoms in total. The van der Waals surface area contributed by atoms with Crippen LogP contribution in [0.25, 0.3) is 11.1 Å². The molecule has 118 valence electrons. The van der Waals surface area contributed by atoms with E-state index in [2.05, 4.69) is 4.98 Å². The Morgan fingerprint density at radius 3 is 2.87 bits per heavy atom. The first-order chi connectivity index (χ1) is 11.0. The molecule has 1 aliphatic rings. The van der Waals surface area contributed by atoms with Crippen molar-refractivity contribution < 1.29 is 12.8 Å². The van der Waals surface area contributed by atoms with Gasteiger partial charge in [-0.1, -0.05) is 23.7 Å². The second-order valence-corrected chi connectivity index (χ2v) is 7.52. The third-order valence-corrected chi connectivity index (χ3v) is 5.98. The maximum Gasteiger partial charge on any atom is 0.417 e. The molecule has 0 fully saturated rings. The van der Waals surface area contributed by atoms with Crippen LogP contribution in [0.3, 0.4) is 0 Å². The van der Waals surface area contributed by atoms with Crippen molar-refractivity contribution in [2.75, 3.05) is 10.8 Å². The number of oxazole rings is 1. The highest BCUT2D eigenvalue weighted by molar-refractivity contribution is 7.92. The van der Waals surface area contributed by atoms with Gasteiger partial charge in [-0.2, -0.15) is 0 Å². The number of hydrogen-bond acceptors (Lipinski definition) is 4. The van der Waals surface area contributed by atoms with Crippen molar-refractivity contribution in [3.8, 4) is 0 Å². The van der Waals surface area contributed by atoms with Gasteiger partial charge >= 0.3 is 5.76 Å². The molecule has 4 rings (SSSR count). The van der Waals surface area contributed by atoms with E-state index >= 15 is 0 Å². The molecule has 2 aromatic carbocycles. The van der Waals surface area contributed by atoms with Crippen LogP contribution in [0.5, 0.6) is 0 Å². The van der Waals surface area contributed by atoms with Gasteiger partial charge in [0.05, 0.1) is 21.1 Å². The minimum atomic E-state index is -3.78. The fourth-order valence-electron chi connectivity index (χ4n) is 2.83. The van der Waals surface area contributed by atoms with Crippen LogP contribution < -0.4 is 10.1 Å². The maximum atomic E-state index is 12.9. The molecule has 0 aliphatic carbocycles. The average molecular weight is 351 g/mol. The molecular formula is C15H11ClN2O4S. The number of para-hydroxylation sites is 1. The van der Waals surface area contributed by atoms with E-state index in [4.69, 9.17) is 16.0 Å². The van der Waals surface area contributed by atoms with Crippen LogP contribution in [-0.2, 0) is 16.4 Å². The second-order valence-electron chi connectivity index (χ2n) is 5.25. The number of H-pyrrole nitrogens is 1. The molecular weight excluding hydrogens is 340 g/mol. The van der Waals surface area contributed by atoms with E-state index in [1.807, 2.05) is 6.07 Å². The minimum Gasteiger partial charge on any atom is -0.408 e. The molecule has 1 N–H and O–H groups in total. The molecule has 1 aliphatic heterocycles. The highest BCUT2D eigenvalue weighted by atomic mass is 35.5. The molecule has 1 aromatic heterocycles. The lowest BCUT2D eigenvalue weighted by atomic mass is 10.2. The Hall–Kier alpha value is -2.25. The van der Waals surface area contributed by atoms with Gasteiger partial charge in [-0.15, -0.1) is 0 Å². The van der Waals surface area contributed by atoms with Crippen molar-refractivity contribution in [1.29, 1.82) is 0 Å². The number of aromatic amines is 1. The van der Waals surface area contributed by atoms with Crippen LogP contribution in [-0.4, -0.2) is 19.9 Å². The molecule has 0 atom stereocenters. The number of hydrogen-bond donors (Lipinski definition) is 1. The van der Waals surface area contributed by atoms with Gasteiger partial charge in [0.15, 0.2) is 5.58 Å². The number of benzene rings is 2. The summed E-state index contributed by atoms with van der Waals surface area (Å²) < 4.78 is 32.1. The first-order valence-corrected chi connectivity index (χ1v) is 8.71. The highest BCUT2D eigenvalue weighted by Gasteiger charge is 2.32. The molecule has 23 heavy (non-hydrogen) atoms. The van der Waals surface area contributed by atoms with Crippen LogP contribution in [0.1, 0.15) is 5.56 Å². The van der Waals surface area contributed by atoms with Crippen molar-refractivity contribution in [2.45, 2.75) is 11.3 Å². The van der Waals surface area contributed by atoms with Gasteiger partial charge in [0.25, 0.3) is 10.0 Å². The number of aromatic nitrogens is 1. The number of nitrogens with one attached hydrogen (secondary N) is 1. The van der Waals surface area contributed by atoms with E-state index in [-0.39, 0.29) is 10.5 Å². The molecule has 0 bridgehead atoms.